The molecule has 2 nitrogen and oxygen atoms in total. The number of benzene rings is 10. The van der Waals surface area contributed by atoms with Crippen molar-refractivity contribution in [1.82, 2.24) is 4.57 Å². The number of rotatable bonds is 9. The first-order valence-electron chi connectivity index (χ1n) is 21.2. The Morgan fingerprint density at radius 1 is 0.226 bits per heavy atom. The zero-order valence-corrected chi connectivity index (χ0v) is 34.1. The highest BCUT2D eigenvalue weighted by Gasteiger charge is 2.16. The van der Waals surface area contributed by atoms with Gasteiger partial charge >= 0.3 is 0 Å². The number of aromatic nitrogens is 1. The predicted molar refractivity (Wildman–Crippen MR) is 263 cm³/mol. The monoisotopic (exact) mass is 790 g/mol. The Kier molecular flexibility index (Phi) is 9.57. The minimum absolute atomic E-state index is 1.09. The molecule has 2 heteroatoms. The Balaban J connectivity index is 0.927. The third-order valence-electron chi connectivity index (χ3n) is 12.0. The molecule has 0 N–H and O–H groups in total. The molecule has 0 saturated carbocycles. The summed E-state index contributed by atoms with van der Waals surface area (Å²) < 4.78 is 2.37. The molecule has 0 spiro atoms. The van der Waals surface area contributed by atoms with Crippen LogP contribution in [-0.2, 0) is 0 Å². The average molecular weight is 791 g/mol. The van der Waals surface area contributed by atoms with Gasteiger partial charge in [-0.25, -0.2) is 0 Å². The van der Waals surface area contributed by atoms with Crippen molar-refractivity contribution < 1.29 is 0 Å². The number of fused-ring (bicyclic) bond motifs is 3. The van der Waals surface area contributed by atoms with E-state index in [1.807, 2.05) is 0 Å². The molecular weight excluding hydrogens is 749 g/mol. The van der Waals surface area contributed by atoms with E-state index in [1.54, 1.807) is 0 Å². The first-order chi connectivity index (χ1) is 30.7. The van der Waals surface area contributed by atoms with Gasteiger partial charge in [-0.15, -0.1) is 0 Å². The van der Waals surface area contributed by atoms with Gasteiger partial charge in [-0.3, -0.25) is 0 Å². The van der Waals surface area contributed by atoms with Crippen molar-refractivity contribution >= 4 is 38.9 Å². The maximum atomic E-state index is 2.37. The second kappa shape index (κ2) is 16.1. The smallest absolute Gasteiger partial charge is 0.0541 e. The van der Waals surface area contributed by atoms with Crippen LogP contribution in [0.4, 0.5) is 17.1 Å². The zero-order valence-electron chi connectivity index (χ0n) is 34.1. The van der Waals surface area contributed by atoms with Gasteiger partial charge in [-0.1, -0.05) is 182 Å². The van der Waals surface area contributed by atoms with Crippen LogP contribution in [0.2, 0.25) is 0 Å². The SMILES string of the molecule is c1ccc(-c2cccc(-c3ccc(N(c4ccc(-c5ccc(-n6c7ccccc7c7ccccc76)cc5)cc4)c4ccc(-c5cccc(-c6ccccc6)c5)cc4)cc3)c2)cc1. The summed E-state index contributed by atoms with van der Waals surface area (Å²) in [5.41, 5.74) is 18.8. The lowest BCUT2D eigenvalue weighted by molar-refractivity contribution is 1.18. The van der Waals surface area contributed by atoms with Gasteiger partial charge in [0.1, 0.15) is 0 Å². The zero-order chi connectivity index (χ0) is 41.2. The maximum absolute atomic E-state index is 2.37. The second-order valence-electron chi connectivity index (χ2n) is 15.8. The van der Waals surface area contributed by atoms with Gasteiger partial charge in [-0.05, 0) is 128 Å². The molecule has 292 valence electrons. The lowest BCUT2D eigenvalue weighted by Gasteiger charge is -2.26. The van der Waals surface area contributed by atoms with E-state index >= 15 is 0 Å². The van der Waals surface area contributed by atoms with E-state index in [9.17, 15) is 0 Å². The van der Waals surface area contributed by atoms with E-state index in [0.717, 1.165) is 22.7 Å². The average Bonchev–Trinajstić information content (AvgIpc) is 3.70. The number of anilines is 3. The normalized spacial score (nSPS) is 11.2. The van der Waals surface area contributed by atoms with Gasteiger partial charge in [0.25, 0.3) is 0 Å². The van der Waals surface area contributed by atoms with Crippen LogP contribution in [0.25, 0.3) is 83.1 Å². The lowest BCUT2D eigenvalue weighted by atomic mass is 9.98. The molecule has 62 heavy (non-hydrogen) atoms. The number of para-hydroxylation sites is 2. The molecule has 11 aromatic rings. The largest absolute Gasteiger partial charge is 0.311 e. The summed E-state index contributed by atoms with van der Waals surface area (Å²) in [6, 6.07) is 91.9. The first kappa shape index (κ1) is 36.8. The van der Waals surface area contributed by atoms with E-state index in [1.165, 1.54) is 77.4 Å². The predicted octanol–water partition coefficient (Wildman–Crippen LogP) is 16.6. The molecule has 0 saturated heterocycles. The van der Waals surface area contributed by atoms with E-state index in [-0.39, 0.29) is 0 Å². The Morgan fingerprint density at radius 3 is 0.903 bits per heavy atom. The molecule has 0 amide bonds. The summed E-state index contributed by atoms with van der Waals surface area (Å²) in [4.78, 5) is 2.35. The molecule has 0 aliphatic rings. The molecule has 11 rings (SSSR count). The Hall–Kier alpha value is -8.20. The Bertz CT molecular complexity index is 3110. The third-order valence-corrected chi connectivity index (χ3v) is 12.0. The summed E-state index contributed by atoms with van der Waals surface area (Å²) in [7, 11) is 0. The van der Waals surface area contributed by atoms with Crippen molar-refractivity contribution in [2.45, 2.75) is 0 Å². The Labute approximate surface area is 362 Å². The molecule has 0 fully saturated rings. The van der Waals surface area contributed by atoms with Gasteiger partial charge < -0.3 is 9.47 Å². The quantitative estimate of drug-likeness (QED) is 0.141. The molecule has 0 aliphatic carbocycles. The van der Waals surface area contributed by atoms with Crippen molar-refractivity contribution in [2.75, 3.05) is 4.90 Å². The number of hydrogen-bond acceptors (Lipinski definition) is 1. The van der Waals surface area contributed by atoms with Gasteiger partial charge in [0.05, 0.1) is 11.0 Å². The van der Waals surface area contributed by atoms with Crippen LogP contribution >= 0.6 is 0 Å². The molecule has 0 radical (unpaired) electrons. The second-order valence-corrected chi connectivity index (χ2v) is 15.8. The van der Waals surface area contributed by atoms with Crippen molar-refractivity contribution in [3.8, 4) is 61.3 Å². The van der Waals surface area contributed by atoms with Crippen LogP contribution in [0.5, 0.6) is 0 Å². The molecular formula is C60H42N2. The summed E-state index contributed by atoms with van der Waals surface area (Å²) in [5, 5.41) is 2.54. The highest BCUT2D eigenvalue weighted by molar-refractivity contribution is 6.09. The van der Waals surface area contributed by atoms with Gasteiger partial charge in [0.15, 0.2) is 0 Å². The maximum Gasteiger partial charge on any atom is 0.0541 e. The van der Waals surface area contributed by atoms with Crippen LogP contribution < -0.4 is 4.90 Å². The molecule has 0 bridgehead atoms. The van der Waals surface area contributed by atoms with E-state index < -0.39 is 0 Å². The lowest BCUT2D eigenvalue weighted by Crippen LogP contribution is -2.09. The molecule has 10 aromatic carbocycles. The van der Waals surface area contributed by atoms with Crippen molar-refractivity contribution in [3.63, 3.8) is 0 Å². The molecule has 0 aliphatic heterocycles. The van der Waals surface area contributed by atoms with Crippen molar-refractivity contribution in [1.29, 1.82) is 0 Å². The topological polar surface area (TPSA) is 8.17 Å². The molecule has 0 unspecified atom stereocenters. The highest BCUT2D eigenvalue weighted by Crippen LogP contribution is 2.39. The van der Waals surface area contributed by atoms with Crippen LogP contribution in [0.3, 0.4) is 0 Å². The fourth-order valence-electron chi connectivity index (χ4n) is 8.88. The van der Waals surface area contributed by atoms with Crippen molar-refractivity contribution in [2.24, 2.45) is 0 Å². The summed E-state index contributed by atoms with van der Waals surface area (Å²) in [6.45, 7) is 0. The van der Waals surface area contributed by atoms with E-state index in [2.05, 4.69) is 264 Å². The van der Waals surface area contributed by atoms with Crippen LogP contribution in [0.1, 0.15) is 0 Å². The number of nitrogens with zero attached hydrogens (tertiary/aromatic N) is 2. The summed E-state index contributed by atoms with van der Waals surface area (Å²) in [6.07, 6.45) is 0. The highest BCUT2D eigenvalue weighted by atomic mass is 15.1. The van der Waals surface area contributed by atoms with Crippen molar-refractivity contribution in [3.05, 3.63) is 255 Å². The molecule has 1 aromatic heterocycles. The van der Waals surface area contributed by atoms with Crippen LogP contribution in [-0.4, -0.2) is 4.57 Å². The minimum atomic E-state index is 1.09. The summed E-state index contributed by atoms with van der Waals surface area (Å²) >= 11 is 0. The third kappa shape index (κ3) is 7.04. The minimum Gasteiger partial charge on any atom is -0.311 e. The van der Waals surface area contributed by atoms with E-state index in [0.29, 0.717) is 0 Å². The molecule has 0 atom stereocenters. The summed E-state index contributed by atoms with van der Waals surface area (Å²) in [5.74, 6) is 0. The van der Waals surface area contributed by atoms with Gasteiger partial charge in [-0.2, -0.15) is 0 Å². The number of hydrogen-bond donors (Lipinski definition) is 0. The fourth-order valence-corrected chi connectivity index (χ4v) is 8.88. The van der Waals surface area contributed by atoms with Gasteiger partial charge in [0.2, 0.25) is 0 Å². The first-order valence-corrected chi connectivity index (χ1v) is 21.2. The standard InChI is InChI=1S/C60H42N2/c1-3-13-43(14-4-1)49-17-11-19-51(41-49)47-29-35-54(36-30-47)61(55-37-31-48(32-38-55)52-20-12-18-50(42-52)44-15-5-2-6-16-44)53-33-25-45(26-34-53)46-27-39-56(40-28-46)62-59-23-9-7-21-57(59)58-22-8-10-24-60(58)62/h1-42H. The molecule has 1 heterocycles. The van der Waals surface area contributed by atoms with Crippen LogP contribution in [0.15, 0.2) is 255 Å². The van der Waals surface area contributed by atoms with Crippen LogP contribution in [0, 0.1) is 0 Å². The van der Waals surface area contributed by atoms with Gasteiger partial charge in [0, 0.05) is 33.5 Å². The Morgan fingerprint density at radius 2 is 0.516 bits per heavy atom. The fraction of sp³-hybridized carbons (Fsp3) is 0. The van der Waals surface area contributed by atoms with E-state index in [4.69, 9.17) is 0 Å².